The Balaban J connectivity index is 2.37. The molecule has 1 unspecified atom stereocenters. The number of ether oxygens (including phenoxy) is 1. The van der Waals surface area contributed by atoms with E-state index in [0.29, 0.717) is 19.6 Å². The van der Waals surface area contributed by atoms with E-state index in [-0.39, 0.29) is 24.3 Å². The summed E-state index contributed by atoms with van der Waals surface area (Å²) in [6.45, 7) is 5.87. The summed E-state index contributed by atoms with van der Waals surface area (Å²) in [6.07, 6.45) is 0.479. The average Bonchev–Trinajstić information content (AvgIpc) is 2.28. The molecular formula is C12H22N2O4. The van der Waals surface area contributed by atoms with Crippen LogP contribution in [0.1, 0.15) is 26.7 Å². The van der Waals surface area contributed by atoms with E-state index in [0.717, 1.165) is 6.54 Å². The normalized spacial score (nSPS) is 21.6. The number of rotatable bonds is 6. The lowest BCUT2D eigenvalue weighted by molar-refractivity contribution is -0.142. The van der Waals surface area contributed by atoms with Gasteiger partial charge in [-0.3, -0.25) is 4.79 Å². The molecule has 3 N–H and O–H groups in total. The second-order valence-corrected chi connectivity index (χ2v) is 4.99. The molecule has 6 nitrogen and oxygen atoms in total. The first kappa shape index (κ1) is 14.9. The lowest BCUT2D eigenvalue weighted by Crippen LogP contribution is -2.45. The summed E-state index contributed by atoms with van der Waals surface area (Å²) >= 11 is 0. The summed E-state index contributed by atoms with van der Waals surface area (Å²) in [6, 6.07) is -0.811. The van der Waals surface area contributed by atoms with Crippen LogP contribution in [0.5, 0.6) is 0 Å². The van der Waals surface area contributed by atoms with Crippen LogP contribution in [-0.2, 0) is 14.3 Å². The van der Waals surface area contributed by atoms with E-state index in [1.807, 2.05) is 13.8 Å². The van der Waals surface area contributed by atoms with Crippen LogP contribution in [0.3, 0.4) is 0 Å². The first-order valence-electron chi connectivity index (χ1n) is 6.33. The Morgan fingerprint density at radius 1 is 1.50 bits per heavy atom. The van der Waals surface area contributed by atoms with Gasteiger partial charge in [-0.1, -0.05) is 13.8 Å². The van der Waals surface area contributed by atoms with Gasteiger partial charge in [0.15, 0.2) is 0 Å². The highest BCUT2D eigenvalue weighted by molar-refractivity contribution is 5.83. The molecule has 0 bridgehead atoms. The Bertz CT molecular complexity index is 288. The SMILES string of the molecule is CC(C)C[C@@H](NC(=O)CC1CNCCO1)C(=O)O. The Kier molecular flexibility index (Phi) is 6.07. The Labute approximate surface area is 107 Å². The van der Waals surface area contributed by atoms with Crippen molar-refractivity contribution in [2.45, 2.75) is 38.8 Å². The van der Waals surface area contributed by atoms with Crippen molar-refractivity contribution in [1.82, 2.24) is 10.6 Å². The number of nitrogens with one attached hydrogen (secondary N) is 2. The van der Waals surface area contributed by atoms with Crippen molar-refractivity contribution in [1.29, 1.82) is 0 Å². The van der Waals surface area contributed by atoms with Gasteiger partial charge in [-0.25, -0.2) is 4.79 Å². The molecule has 18 heavy (non-hydrogen) atoms. The molecule has 1 fully saturated rings. The molecule has 1 rings (SSSR count). The summed E-state index contributed by atoms with van der Waals surface area (Å²) in [4.78, 5) is 22.7. The number of carbonyl (C=O) groups is 2. The van der Waals surface area contributed by atoms with Gasteiger partial charge in [0.2, 0.25) is 5.91 Å². The van der Waals surface area contributed by atoms with E-state index in [9.17, 15) is 9.59 Å². The predicted molar refractivity (Wildman–Crippen MR) is 66.2 cm³/mol. The van der Waals surface area contributed by atoms with Crippen LogP contribution in [0.15, 0.2) is 0 Å². The molecule has 0 aromatic carbocycles. The fraction of sp³-hybridized carbons (Fsp3) is 0.833. The van der Waals surface area contributed by atoms with Gasteiger partial charge in [0.1, 0.15) is 6.04 Å². The molecule has 6 heteroatoms. The first-order chi connectivity index (χ1) is 8.49. The predicted octanol–water partition coefficient (Wildman–Crippen LogP) is -0.0196. The summed E-state index contributed by atoms with van der Waals surface area (Å²) in [5.74, 6) is -1.03. The van der Waals surface area contributed by atoms with Gasteiger partial charge in [0, 0.05) is 13.1 Å². The summed E-state index contributed by atoms with van der Waals surface area (Å²) in [5, 5.41) is 14.7. The van der Waals surface area contributed by atoms with E-state index in [1.165, 1.54) is 0 Å². The third-order valence-electron chi connectivity index (χ3n) is 2.76. The molecule has 1 aliphatic rings. The van der Waals surface area contributed by atoms with Gasteiger partial charge in [-0.05, 0) is 12.3 Å². The lowest BCUT2D eigenvalue weighted by atomic mass is 10.0. The maximum Gasteiger partial charge on any atom is 0.326 e. The molecule has 0 saturated carbocycles. The number of carbonyl (C=O) groups excluding carboxylic acids is 1. The molecule has 1 saturated heterocycles. The number of hydrogen-bond donors (Lipinski definition) is 3. The van der Waals surface area contributed by atoms with Crippen LogP contribution in [0, 0.1) is 5.92 Å². The molecule has 0 aliphatic carbocycles. The van der Waals surface area contributed by atoms with Crippen molar-refractivity contribution in [2.75, 3.05) is 19.7 Å². The van der Waals surface area contributed by atoms with Gasteiger partial charge in [0.05, 0.1) is 19.1 Å². The summed E-state index contributed by atoms with van der Waals surface area (Å²) in [7, 11) is 0. The van der Waals surface area contributed by atoms with Crippen LogP contribution in [0.4, 0.5) is 0 Å². The number of carboxylic acid groups (broad SMARTS) is 1. The molecule has 1 heterocycles. The number of morpholine rings is 1. The van der Waals surface area contributed by atoms with Crippen LogP contribution in [-0.4, -0.2) is 48.8 Å². The van der Waals surface area contributed by atoms with Crippen LogP contribution >= 0.6 is 0 Å². The second kappa shape index (κ2) is 7.33. The molecule has 1 amide bonds. The fourth-order valence-corrected chi connectivity index (χ4v) is 1.90. The minimum Gasteiger partial charge on any atom is -0.480 e. The number of amides is 1. The Hall–Kier alpha value is -1.14. The van der Waals surface area contributed by atoms with Crippen molar-refractivity contribution in [3.8, 4) is 0 Å². The largest absolute Gasteiger partial charge is 0.480 e. The molecule has 1 aliphatic heterocycles. The molecule has 0 aromatic rings. The van der Waals surface area contributed by atoms with E-state index >= 15 is 0 Å². The van der Waals surface area contributed by atoms with Gasteiger partial charge in [0.25, 0.3) is 0 Å². The zero-order valence-corrected chi connectivity index (χ0v) is 10.9. The zero-order valence-electron chi connectivity index (χ0n) is 10.9. The van der Waals surface area contributed by atoms with Crippen molar-refractivity contribution in [3.05, 3.63) is 0 Å². The monoisotopic (exact) mass is 258 g/mol. The second-order valence-electron chi connectivity index (χ2n) is 4.99. The molecule has 0 spiro atoms. The zero-order chi connectivity index (χ0) is 13.5. The average molecular weight is 258 g/mol. The number of carboxylic acids is 1. The molecule has 104 valence electrons. The van der Waals surface area contributed by atoms with E-state index < -0.39 is 12.0 Å². The number of aliphatic carboxylic acids is 1. The van der Waals surface area contributed by atoms with Crippen molar-refractivity contribution in [2.24, 2.45) is 5.92 Å². The number of hydrogen-bond acceptors (Lipinski definition) is 4. The first-order valence-corrected chi connectivity index (χ1v) is 6.33. The third kappa shape index (κ3) is 5.46. The minimum absolute atomic E-state index is 0.160. The highest BCUT2D eigenvalue weighted by Gasteiger charge is 2.23. The lowest BCUT2D eigenvalue weighted by Gasteiger charge is -2.24. The highest BCUT2D eigenvalue weighted by Crippen LogP contribution is 2.07. The third-order valence-corrected chi connectivity index (χ3v) is 2.76. The van der Waals surface area contributed by atoms with Gasteiger partial charge in [-0.15, -0.1) is 0 Å². The Morgan fingerprint density at radius 2 is 2.22 bits per heavy atom. The quantitative estimate of drug-likeness (QED) is 0.623. The van der Waals surface area contributed by atoms with E-state index in [1.54, 1.807) is 0 Å². The summed E-state index contributed by atoms with van der Waals surface area (Å²) in [5.41, 5.74) is 0. The van der Waals surface area contributed by atoms with Crippen molar-refractivity contribution >= 4 is 11.9 Å². The fourth-order valence-electron chi connectivity index (χ4n) is 1.90. The van der Waals surface area contributed by atoms with Gasteiger partial charge in [-0.2, -0.15) is 0 Å². The van der Waals surface area contributed by atoms with Crippen LogP contribution in [0.2, 0.25) is 0 Å². The molecule has 0 radical (unpaired) electrons. The van der Waals surface area contributed by atoms with Crippen LogP contribution < -0.4 is 10.6 Å². The highest BCUT2D eigenvalue weighted by atomic mass is 16.5. The maximum absolute atomic E-state index is 11.7. The standard InChI is InChI=1S/C12H22N2O4/c1-8(2)5-10(12(16)17)14-11(15)6-9-7-13-3-4-18-9/h8-10,13H,3-7H2,1-2H3,(H,14,15)(H,16,17)/t9?,10-/m1/s1. The van der Waals surface area contributed by atoms with Crippen molar-refractivity contribution < 1.29 is 19.4 Å². The van der Waals surface area contributed by atoms with E-state index in [2.05, 4.69) is 10.6 Å². The summed E-state index contributed by atoms with van der Waals surface area (Å²) < 4.78 is 5.40. The smallest absolute Gasteiger partial charge is 0.326 e. The van der Waals surface area contributed by atoms with E-state index in [4.69, 9.17) is 9.84 Å². The van der Waals surface area contributed by atoms with Gasteiger partial charge >= 0.3 is 5.97 Å². The molecular weight excluding hydrogens is 236 g/mol. The topological polar surface area (TPSA) is 87.7 Å². The molecule has 0 aromatic heterocycles. The minimum atomic E-state index is -0.986. The van der Waals surface area contributed by atoms with Gasteiger partial charge < -0.3 is 20.5 Å². The molecule has 2 atom stereocenters. The Morgan fingerprint density at radius 3 is 2.72 bits per heavy atom. The maximum atomic E-state index is 11.7. The van der Waals surface area contributed by atoms with Crippen molar-refractivity contribution in [3.63, 3.8) is 0 Å². The van der Waals surface area contributed by atoms with Crippen LogP contribution in [0.25, 0.3) is 0 Å².